The largest absolute Gasteiger partial charge is 0.416 e. The molecule has 1 amide bonds. The van der Waals surface area contributed by atoms with Crippen LogP contribution < -0.4 is 5.32 Å². The smallest absolute Gasteiger partial charge is 0.306 e. The molecule has 2 heterocycles. The average molecular weight is 420 g/mol. The molecule has 0 aliphatic heterocycles. The number of anilines is 1. The fourth-order valence-electron chi connectivity index (χ4n) is 2.43. The number of alkyl halides is 3. The highest BCUT2D eigenvalue weighted by Crippen LogP contribution is 2.32. The lowest BCUT2D eigenvalue weighted by Gasteiger charge is -2.09. The van der Waals surface area contributed by atoms with Crippen molar-refractivity contribution in [1.29, 1.82) is 0 Å². The number of nitrogens with one attached hydrogen (secondary N) is 1. The second kappa shape index (κ2) is 8.39. The number of aromatic nitrogens is 3. The Labute approximate surface area is 167 Å². The van der Waals surface area contributed by atoms with Crippen molar-refractivity contribution < 1.29 is 22.8 Å². The summed E-state index contributed by atoms with van der Waals surface area (Å²) < 4.78 is 40.5. The molecule has 150 valence electrons. The summed E-state index contributed by atoms with van der Waals surface area (Å²) in [4.78, 5) is 27.5. The van der Waals surface area contributed by atoms with Crippen LogP contribution >= 0.6 is 11.3 Å². The molecule has 3 aromatic rings. The SMILES string of the molecule is CC(=O)c1csc(Cn2ccc(NC(=O)/C=C/c3ccccc3C(F)(F)F)n2)n1. The van der Waals surface area contributed by atoms with E-state index in [2.05, 4.69) is 15.4 Å². The number of carbonyl (C=O) groups excluding carboxylic acids is 2. The van der Waals surface area contributed by atoms with Crippen LogP contribution in [0.4, 0.5) is 19.0 Å². The van der Waals surface area contributed by atoms with Gasteiger partial charge in [-0.1, -0.05) is 18.2 Å². The van der Waals surface area contributed by atoms with E-state index in [-0.39, 0.29) is 17.2 Å². The van der Waals surface area contributed by atoms with Gasteiger partial charge in [-0.3, -0.25) is 14.3 Å². The summed E-state index contributed by atoms with van der Waals surface area (Å²) in [5, 5.41) is 8.99. The molecule has 0 radical (unpaired) electrons. The lowest BCUT2D eigenvalue weighted by Crippen LogP contribution is -2.10. The van der Waals surface area contributed by atoms with Gasteiger partial charge in [-0.05, 0) is 17.7 Å². The second-order valence-corrected chi connectivity index (χ2v) is 6.93. The summed E-state index contributed by atoms with van der Waals surface area (Å²) in [6, 6.07) is 6.54. The summed E-state index contributed by atoms with van der Waals surface area (Å²) in [6.45, 7) is 1.75. The Hall–Kier alpha value is -3.27. The third kappa shape index (κ3) is 5.38. The van der Waals surface area contributed by atoms with Crippen LogP contribution in [-0.4, -0.2) is 26.5 Å². The van der Waals surface area contributed by atoms with Gasteiger partial charge in [0.25, 0.3) is 0 Å². The van der Waals surface area contributed by atoms with Gasteiger partial charge in [-0.2, -0.15) is 18.3 Å². The van der Waals surface area contributed by atoms with Gasteiger partial charge in [0.2, 0.25) is 5.91 Å². The molecule has 3 rings (SSSR count). The summed E-state index contributed by atoms with van der Waals surface area (Å²) in [7, 11) is 0. The first-order valence-corrected chi connectivity index (χ1v) is 9.24. The van der Waals surface area contributed by atoms with E-state index in [9.17, 15) is 22.8 Å². The molecule has 6 nitrogen and oxygen atoms in total. The quantitative estimate of drug-likeness (QED) is 0.478. The van der Waals surface area contributed by atoms with Crippen LogP contribution in [-0.2, 0) is 17.5 Å². The Morgan fingerprint density at radius 1 is 1.24 bits per heavy atom. The van der Waals surface area contributed by atoms with Gasteiger partial charge in [0, 0.05) is 30.6 Å². The molecular formula is C19H15F3N4O2S. The fourth-order valence-corrected chi connectivity index (χ4v) is 3.26. The standard InChI is InChI=1S/C19H15F3N4O2S/c1-12(27)15-11-29-18(23-15)10-26-9-8-16(25-26)24-17(28)7-6-13-4-2-3-5-14(13)19(20,21)22/h2-9,11H,10H2,1H3,(H,24,25,28)/b7-6+. The van der Waals surface area contributed by atoms with Crippen LogP contribution in [0.5, 0.6) is 0 Å². The minimum absolute atomic E-state index is 0.106. The maximum atomic E-state index is 13.0. The first-order chi connectivity index (χ1) is 13.7. The Kier molecular flexibility index (Phi) is 5.92. The van der Waals surface area contributed by atoms with Gasteiger partial charge < -0.3 is 5.32 Å². The van der Waals surface area contributed by atoms with E-state index in [1.54, 1.807) is 17.6 Å². The zero-order valence-electron chi connectivity index (χ0n) is 15.1. The Balaban J connectivity index is 1.63. The minimum atomic E-state index is -4.51. The predicted molar refractivity (Wildman–Crippen MR) is 103 cm³/mol. The monoisotopic (exact) mass is 420 g/mol. The molecule has 0 saturated carbocycles. The Morgan fingerprint density at radius 3 is 2.69 bits per heavy atom. The van der Waals surface area contributed by atoms with Crippen LogP contribution in [0.2, 0.25) is 0 Å². The molecule has 0 atom stereocenters. The first kappa shape index (κ1) is 20.5. The molecule has 2 aromatic heterocycles. The van der Waals surface area contributed by atoms with Crippen LogP contribution in [0.1, 0.15) is 33.5 Å². The molecule has 10 heteroatoms. The van der Waals surface area contributed by atoms with Gasteiger partial charge >= 0.3 is 6.18 Å². The van der Waals surface area contributed by atoms with E-state index in [0.29, 0.717) is 17.2 Å². The number of thiazole rings is 1. The number of nitrogens with zero attached hydrogens (tertiary/aromatic N) is 3. The molecule has 0 saturated heterocycles. The van der Waals surface area contributed by atoms with Crippen molar-refractivity contribution in [3.8, 4) is 0 Å². The third-order valence-electron chi connectivity index (χ3n) is 3.78. The Morgan fingerprint density at radius 2 is 2.00 bits per heavy atom. The molecule has 0 aliphatic carbocycles. The van der Waals surface area contributed by atoms with E-state index < -0.39 is 17.6 Å². The van der Waals surface area contributed by atoms with Gasteiger partial charge in [0.15, 0.2) is 11.6 Å². The number of benzene rings is 1. The lowest BCUT2D eigenvalue weighted by atomic mass is 10.1. The van der Waals surface area contributed by atoms with Crippen molar-refractivity contribution in [3.05, 3.63) is 69.8 Å². The first-order valence-electron chi connectivity index (χ1n) is 8.36. The van der Waals surface area contributed by atoms with E-state index in [1.165, 1.54) is 41.1 Å². The third-order valence-corrected chi connectivity index (χ3v) is 4.62. The summed E-state index contributed by atoms with van der Waals surface area (Å²) in [5.41, 5.74) is -0.539. The van der Waals surface area contributed by atoms with Gasteiger partial charge in [0.05, 0.1) is 12.1 Å². The predicted octanol–water partition coefficient (Wildman–Crippen LogP) is 4.26. The van der Waals surface area contributed by atoms with Crippen molar-refractivity contribution in [3.63, 3.8) is 0 Å². The zero-order chi connectivity index (χ0) is 21.0. The molecule has 0 fully saturated rings. The molecule has 29 heavy (non-hydrogen) atoms. The number of halogens is 3. The number of amides is 1. The van der Waals surface area contributed by atoms with Gasteiger partial charge in [-0.15, -0.1) is 11.3 Å². The molecule has 0 spiro atoms. The molecule has 0 aliphatic rings. The minimum Gasteiger partial charge on any atom is -0.306 e. The maximum Gasteiger partial charge on any atom is 0.416 e. The summed E-state index contributed by atoms with van der Waals surface area (Å²) in [6.07, 6.45) is -0.765. The fraction of sp³-hybridized carbons (Fsp3) is 0.158. The highest BCUT2D eigenvalue weighted by molar-refractivity contribution is 7.09. The van der Waals surface area contributed by atoms with Crippen molar-refractivity contribution in [2.75, 3.05) is 5.32 Å². The van der Waals surface area contributed by atoms with Crippen molar-refractivity contribution in [2.45, 2.75) is 19.6 Å². The molecule has 0 unspecified atom stereocenters. The van der Waals surface area contributed by atoms with Crippen molar-refractivity contribution >= 4 is 34.9 Å². The topological polar surface area (TPSA) is 76.9 Å². The molecule has 0 bridgehead atoms. The number of hydrogen-bond donors (Lipinski definition) is 1. The highest BCUT2D eigenvalue weighted by Gasteiger charge is 2.32. The normalized spacial score (nSPS) is 11.7. The summed E-state index contributed by atoms with van der Waals surface area (Å²) in [5.74, 6) is -0.493. The van der Waals surface area contributed by atoms with Crippen LogP contribution in [0, 0.1) is 0 Å². The lowest BCUT2D eigenvalue weighted by molar-refractivity contribution is -0.137. The number of hydrogen-bond acceptors (Lipinski definition) is 5. The van der Waals surface area contributed by atoms with Crippen molar-refractivity contribution in [2.24, 2.45) is 0 Å². The molecular weight excluding hydrogens is 405 g/mol. The Bertz CT molecular complexity index is 1070. The van der Waals surface area contributed by atoms with Crippen LogP contribution in [0.25, 0.3) is 6.08 Å². The van der Waals surface area contributed by atoms with Gasteiger partial charge in [-0.25, -0.2) is 4.98 Å². The number of ketones is 1. The average Bonchev–Trinajstić information content (AvgIpc) is 3.29. The van der Waals surface area contributed by atoms with E-state index in [0.717, 1.165) is 18.2 Å². The number of Topliss-reactive ketones (excluding diaryl/α,β-unsaturated/α-hetero) is 1. The number of rotatable bonds is 6. The van der Waals surface area contributed by atoms with Crippen molar-refractivity contribution in [1.82, 2.24) is 14.8 Å². The van der Waals surface area contributed by atoms with E-state index >= 15 is 0 Å². The molecule has 1 aromatic carbocycles. The van der Waals surface area contributed by atoms with E-state index in [1.807, 2.05) is 0 Å². The van der Waals surface area contributed by atoms with Crippen LogP contribution in [0.3, 0.4) is 0 Å². The molecule has 1 N–H and O–H groups in total. The van der Waals surface area contributed by atoms with E-state index in [4.69, 9.17) is 0 Å². The van der Waals surface area contributed by atoms with Gasteiger partial charge in [0.1, 0.15) is 10.7 Å². The zero-order valence-corrected chi connectivity index (χ0v) is 15.9. The van der Waals surface area contributed by atoms with Crippen LogP contribution in [0.15, 0.2) is 48.0 Å². The summed E-state index contributed by atoms with van der Waals surface area (Å²) >= 11 is 1.32. The maximum absolute atomic E-state index is 13.0. The number of carbonyl (C=O) groups is 2. The second-order valence-electron chi connectivity index (χ2n) is 5.99. The highest BCUT2D eigenvalue weighted by atomic mass is 32.1.